The maximum absolute atomic E-state index is 5.66. The largest absolute Gasteiger partial charge is 0.469 e. The minimum atomic E-state index is 0.184. The van der Waals surface area contributed by atoms with Gasteiger partial charge in [-0.15, -0.1) is 0 Å². The van der Waals surface area contributed by atoms with Crippen molar-refractivity contribution in [3.8, 4) is 0 Å². The van der Waals surface area contributed by atoms with Crippen molar-refractivity contribution >= 4 is 10.9 Å². The highest BCUT2D eigenvalue weighted by Crippen LogP contribution is 2.14. The van der Waals surface area contributed by atoms with Crippen LogP contribution in [0.1, 0.15) is 17.9 Å². The van der Waals surface area contributed by atoms with Crippen molar-refractivity contribution in [2.24, 2.45) is 5.84 Å². The van der Waals surface area contributed by atoms with Crippen molar-refractivity contribution in [2.45, 2.75) is 25.3 Å². The number of rotatable bonds is 6. The first-order valence-corrected chi connectivity index (χ1v) is 7.18. The third-order valence-corrected chi connectivity index (χ3v) is 3.67. The van der Waals surface area contributed by atoms with Gasteiger partial charge < -0.3 is 4.42 Å². The first kappa shape index (κ1) is 13.8. The Morgan fingerprint density at radius 1 is 1.10 bits per heavy atom. The Labute approximate surface area is 124 Å². The van der Waals surface area contributed by atoms with E-state index in [9.17, 15) is 0 Å². The van der Waals surface area contributed by atoms with Gasteiger partial charge in [-0.25, -0.2) is 0 Å². The fourth-order valence-electron chi connectivity index (χ4n) is 2.49. The number of pyridine rings is 1. The summed E-state index contributed by atoms with van der Waals surface area (Å²) in [5, 5.41) is 1.16. The van der Waals surface area contributed by atoms with Crippen LogP contribution in [0.5, 0.6) is 0 Å². The van der Waals surface area contributed by atoms with Crippen molar-refractivity contribution in [1.29, 1.82) is 0 Å². The molecule has 21 heavy (non-hydrogen) atoms. The molecule has 0 saturated heterocycles. The van der Waals surface area contributed by atoms with Crippen molar-refractivity contribution in [1.82, 2.24) is 10.4 Å². The molecule has 1 atom stereocenters. The van der Waals surface area contributed by atoms with Crippen LogP contribution < -0.4 is 11.3 Å². The minimum Gasteiger partial charge on any atom is -0.469 e. The summed E-state index contributed by atoms with van der Waals surface area (Å²) in [5.41, 5.74) is 4.96. The standard InChI is InChI=1S/C17H19N3O/c18-20-15(9-10-16-5-3-11-21-16)12-14-8-7-13-4-1-2-6-17(13)19-14/h1-8,11,15,20H,9-10,12,18H2. The Kier molecular flexibility index (Phi) is 4.28. The molecular weight excluding hydrogens is 262 g/mol. The number of para-hydroxylation sites is 1. The molecule has 0 aliphatic heterocycles. The van der Waals surface area contributed by atoms with Crippen LogP contribution in [0.15, 0.2) is 59.2 Å². The Hall–Kier alpha value is -2.17. The molecule has 0 radical (unpaired) electrons. The van der Waals surface area contributed by atoms with Crippen molar-refractivity contribution < 1.29 is 4.42 Å². The number of fused-ring (bicyclic) bond motifs is 1. The molecule has 0 saturated carbocycles. The molecule has 108 valence electrons. The Morgan fingerprint density at radius 2 is 2.00 bits per heavy atom. The van der Waals surface area contributed by atoms with Gasteiger partial charge in [-0.05, 0) is 30.7 Å². The predicted octanol–water partition coefficient (Wildman–Crippen LogP) is 2.84. The summed E-state index contributed by atoms with van der Waals surface area (Å²) in [6, 6.07) is 16.4. The van der Waals surface area contributed by atoms with E-state index in [1.165, 1.54) is 0 Å². The van der Waals surface area contributed by atoms with Crippen molar-refractivity contribution in [2.75, 3.05) is 0 Å². The lowest BCUT2D eigenvalue weighted by molar-refractivity contribution is 0.445. The SMILES string of the molecule is NNC(CCc1ccco1)Cc1ccc2ccccc2n1. The van der Waals surface area contributed by atoms with Crippen LogP contribution in [0.4, 0.5) is 0 Å². The third-order valence-electron chi connectivity index (χ3n) is 3.67. The van der Waals surface area contributed by atoms with Gasteiger partial charge in [0.15, 0.2) is 0 Å². The lowest BCUT2D eigenvalue weighted by Crippen LogP contribution is -2.37. The zero-order valence-corrected chi connectivity index (χ0v) is 11.8. The summed E-state index contributed by atoms with van der Waals surface area (Å²) >= 11 is 0. The Morgan fingerprint density at radius 3 is 2.81 bits per heavy atom. The Balaban J connectivity index is 1.67. The summed E-state index contributed by atoms with van der Waals surface area (Å²) < 4.78 is 5.35. The van der Waals surface area contributed by atoms with Crippen LogP contribution in [0.25, 0.3) is 10.9 Å². The van der Waals surface area contributed by atoms with Gasteiger partial charge in [-0.1, -0.05) is 24.3 Å². The van der Waals surface area contributed by atoms with E-state index in [0.29, 0.717) is 0 Å². The van der Waals surface area contributed by atoms with E-state index in [1.54, 1.807) is 6.26 Å². The van der Waals surface area contributed by atoms with Gasteiger partial charge in [0.05, 0.1) is 11.8 Å². The third kappa shape index (κ3) is 3.48. The molecule has 2 aromatic heterocycles. The van der Waals surface area contributed by atoms with Gasteiger partial charge >= 0.3 is 0 Å². The number of nitrogens with zero attached hydrogens (tertiary/aromatic N) is 1. The second kappa shape index (κ2) is 6.52. The number of hydrogen-bond donors (Lipinski definition) is 2. The molecular formula is C17H19N3O. The van der Waals surface area contributed by atoms with Gasteiger partial charge in [0.25, 0.3) is 0 Å². The van der Waals surface area contributed by atoms with E-state index in [2.05, 4.69) is 28.6 Å². The lowest BCUT2D eigenvalue weighted by atomic mass is 10.0. The minimum absolute atomic E-state index is 0.184. The molecule has 3 N–H and O–H groups in total. The van der Waals surface area contributed by atoms with Gasteiger partial charge in [0.2, 0.25) is 0 Å². The molecule has 3 rings (SSSR count). The number of aromatic nitrogens is 1. The second-order valence-electron chi connectivity index (χ2n) is 5.18. The molecule has 3 aromatic rings. The molecule has 0 amide bonds. The average Bonchev–Trinajstić information content (AvgIpc) is 3.04. The molecule has 1 unspecified atom stereocenters. The Bertz CT molecular complexity index is 694. The molecule has 0 aliphatic carbocycles. The normalized spacial score (nSPS) is 12.6. The number of nitrogens with one attached hydrogen (secondary N) is 1. The van der Waals surface area contributed by atoms with Crippen LogP contribution in [-0.4, -0.2) is 11.0 Å². The fraction of sp³-hybridized carbons (Fsp3) is 0.235. The zero-order valence-electron chi connectivity index (χ0n) is 11.8. The van der Waals surface area contributed by atoms with Gasteiger partial charge in [0.1, 0.15) is 5.76 Å². The quantitative estimate of drug-likeness (QED) is 0.538. The van der Waals surface area contributed by atoms with Crippen LogP contribution in [0, 0.1) is 0 Å². The summed E-state index contributed by atoms with van der Waals surface area (Å²) in [5.74, 6) is 6.65. The zero-order chi connectivity index (χ0) is 14.5. The first-order valence-electron chi connectivity index (χ1n) is 7.18. The van der Waals surface area contributed by atoms with Gasteiger partial charge in [-0.2, -0.15) is 0 Å². The molecule has 4 heteroatoms. The van der Waals surface area contributed by atoms with Gasteiger partial charge in [-0.3, -0.25) is 16.3 Å². The number of hydrogen-bond acceptors (Lipinski definition) is 4. The number of aryl methyl sites for hydroxylation is 1. The van der Waals surface area contributed by atoms with Crippen molar-refractivity contribution in [3.63, 3.8) is 0 Å². The van der Waals surface area contributed by atoms with Crippen LogP contribution in [-0.2, 0) is 12.8 Å². The number of nitrogens with two attached hydrogens (primary N) is 1. The van der Waals surface area contributed by atoms with Crippen LogP contribution in [0.3, 0.4) is 0 Å². The second-order valence-corrected chi connectivity index (χ2v) is 5.18. The molecule has 4 nitrogen and oxygen atoms in total. The summed E-state index contributed by atoms with van der Waals surface area (Å²) in [6.07, 6.45) is 4.29. The number of furan rings is 1. The van der Waals surface area contributed by atoms with Gasteiger partial charge in [0, 0.05) is 30.0 Å². The topological polar surface area (TPSA) is 64.1 Å². The van der Waals surface area contributed by atoms with Crippen LogP contribution in [0.2, 0.25) is 0 Å². The molecule has 0 aliphatic rings. The maximum atomic E-state index is 5.66. The lowest BCUT2D eigenvalue weighted by Gasteiger charge is -2.15. The molecule has 2 heterocycles. The first-order chi connectivity index (χ1) is 10.3. The number of benzene rings is 1. The average molecular weight is 281 g/mol. The van der Waals surface area contributed by atoms with E-state index < -0.39 is 0 Å². The summed E-state index contributed by atoms with van der Waals surface area (Å²) in [7, 11) is 0. The molecule has 1 aromatic carbocycles. The number of hydrazine groups is 1. The molecule has 0 fully saturated rings. The highest BCUT2D eigenvalue weighted by Gasteiger charge is 2.10. The summed E-state index contributed by atoms with van der Waals surface area (Å²) in [4.78, 5) is 4.69. The monoisotopic (exact) mass is 281 g/mol. The van der Waals surface area contributed by atoms with E-state index >= 15 is 0 Å². The highest BCUT2D eigenvalue weighted by molar-refractivity contribution is 5.78. The fourth-order valence-corrected chi connectivity index (χ4v) is 2.49. The van der Waals surface area contributed by atoms with E-state index in [4.69, 9.17) is 10.3 Å². The maximum Gasteiger partial charge on any atom is 0.103 e. The predicted molar refractivity (Wildman–Crippen MR) is 83.6 cm³/mol. The molecule has 0 bridgehead atoms. The van der Waals surface area contributed by atoms with E-state index in [-0.39, 0.29) is 6.04 Å². The van der Waals surface area contributed by atoms with Crippen LogP contribution >= 0.6 is 0 Å². The van der Waals surface area contributed by atoms with E-state index in [1.807, 2.05) is 30.3 Å². The summed E-state index contributed by atoms with van der Waals surface area (Å²) in [6.45, 7) is 0. The van der Waals surface area contributed by atoms with Crippen molar-refractivity contribution in [3.05, 3.63) is 66.2 Å². The smallest absolute Gasteiger partial charge is 0.103 e. The van der Waals surface area contributed by atoms with E-state index in [0.717, 1.165) is 41.6 Å². The highest BCUT2D eigenvalue weighted by atomic mass is 16.3. The molecule has 0 spiro atoms.